The maximum Gasteiger partial charge on any atom is 0.416 e. The van der Waals surface area contributed by atoms with Crippen molar-refractivity contribution in [3.8, 4) is 0 Å². The molecule has 0 saturated carbocycles. The standard InChI is InChI=1S/C19H18ClF3N2O5S/c20-15-7-6-14(19(21,22)23)10-16(15)31(28,29)25-11-18(27)30-12-17(26)24-9-8-13-4-2-1-3-5-13/h1-7,10,25H,8-9,11-12H2,(H,24,26). The molecule has 0 unspecified atom stereocenters. The molecule has 2 aromatic rings. The molecule has 12 heteroatoms. The van der Waals surface area contributed by atoms with Crippen LogP contribution in [0, 0.1) is 0 Å². The normalized spacial score (nSPS) is 11.7. The number of nitrogens with one attached hydrogen (secondary N) is 2. The van der Waals surface area contributed by atoms with Crippen LogP contribution in [-0.2, 0) is 36.9 Å². The highest BCUT2D eigenvalue weighted by molar-refractivity contribution is 7.89. The molecule has 7 nitrogen and oxygen atoms in total. The Bertz CT molecular complexity index is 1030. The Labute approximate surface area is 181 Å². The third-order valence-electron chi connectivity index (χ3n) is 3.90. The van der Waals surface area contributed by atoms with Crippen LogP contribution in [-0.4, -0.2) is 40.0 Å². The molecule has 0 aliphatic carbocycles. The third kappa shape index (κ3) is 7.85. The van der Waals surface area contributed by atoms with Crippen LogP contribution in [0.4, 0.5) is 13.2 Å². The zero-order valence-electron chi connectivity index (χ0n) is 15.9. The first-order chi connectivity index (χ1) is 14.5. The van der Waals surface area contributed by atoms with E-state index < -0.39 is 56.7 Å². The van der Waals surface area contributed by atoms with Crippen molar-refractivity contribution in [3.63, 3.8) is 0 Å². The number of rotatable bonds is 9. The molecule has 2 N–H and O–H groups in total. The van der Waals surface area contributed by atoms with E-state index in [0.717, 1.165) is 11.6 Å². The minimum absolute atomic E-state index is 0.307. The second kappa shape index (κ2) is 10.6. The summed E-state index contributed by atoms with van der Waals surface area (Å²) in [5, 5.41) is 2.08. The summed E-state index contributed by atoms with van der Waals surface area (Å²) in [6.45, 7) is -1.23. The van der Waals surface area contributed by atoms with Gasteiger partial charge in [0.15, 0.2) is 6.61 Å². The molecular weight excluding hydrogens is 461 g/mol. The van der Waals surface area contributed by atoms with Crippen LogP contribution in [0.25, 0.3) is 0 Å². The van der Waals surface area contributed by atoms with Crippen molar-refractivity contribution in [1.29, 1.82) is 0 Å². The third-order valence-corrected chi connectivity index (χ3v) is 5.78. The van der Waals surface area contributed by atoms with Crippen molar-refractivity contribution >= 4 is 33.5 Å². The lowest BCUT2D eigenvalue weighted by Gasteiger charge is -2.12. The van der Waals surface area contributed by atoms with Gasteiger partial charge < -0.3 is 10.1 Å². The van der Waals surface area contributed by atoms with Crippen molar-refractivity contribution in [2.24, 2.45) is 0 Å². The second-order valence-corrected chi connectivity index (χ2v) is 8.36. The van der Waals surface area contributed by atoms with Crippen LogP contribution in [0.5, 0.6) is 0 Å². The number of amides is 1. The van der Waals surface area contributed by atoms with Gasteiger partial charge in [-0.25, -0.2) is 8.42 Å². The molecule has 0 heterocycles. The molecule has 0 aliphatic rings. The highest BCUT2D eigenvalue weighted by Gasteiger charge is 2.32. The minimum Gasteiger partial charge on any atom is -0.455 e. The first kappa shape index (κ1) is 24.6. The van der Waals surface area contributed by atoms with Gasteiger partial charge in [-0.05, 0) is 30.2 Å². The van der Waals surface area contributed by atoms with E-state index in [1.807, 2.05) is 30.3 Å². The Kier molecular flexibility index (Phi) is 8.43. The lowest BCUT2D eigenvalue weighted by atomic mass is 10.1. The number of hydrogen-bond donors (Lipinski definition) is 2. The molecule has 168 valence electrons. The Morgan fingerprint density at radius 1 is 1.06 bits per heavy atom. The van der Waals surface area contributed by atoms with E-state index in [0.29, 0.717) is 25.1 Å². The summed E-state index contributed by atoms with van der Waals surface area (Å²) in [6, 6.07) is 11.1. The highest BCUT2D eigenvalue weighted by Crippen LogP contribution is 2.33. The fraction of sp³-hybridized carbons (Fsp3) is 0.263. The van der Waals surface area contributed by atoms with Crippen LogP contribution < -0.4 is 10.0 Å². The van der Waals surface area contributed by atoms with E-state index >= 15 is 0 Å². The van der Waals surface area contributed by atoms with Gasteiger partial charge in [0.1, 0.15) is 11.4 Å². The molecule has 0 aromatic heterocycles. The van der Waals surface area contributed by atoms with Gasteiger partial charge >= 0.3 is 12.1 Å². The topological polar surface area (TPSA) is 102 Å². The van der Waals surface area contributed by atoms with Gasteiger partial charge in [0.2, 0.25) is 10.0 Å². The number of alkyl halides is 3. The van der Waals surface area contributed by atoms with E-state index in [1.54, 1.807) is 4.72 Å². The largest absolute Gasteiger partial charge is 0.455 e. The molecule has 31 heavy (non-hydrogen) atoms. The number of hydrogen-bond acceptors (Lipinski definition) is 5. The number of sulfonamides is 1. The van der Waals surface area contributed by atoms with Crippen molar-refractivity contribution in [3.05, 3.63) is 64.7 Å². The van der Waals surface area contributed by atoms with Gasteiger partial charge in [-0.1, -0.05) is 41.9 Å². The lowest BCUT2D eigenvalue weighted by Crippen LogP contribution is -2.34. The molecule has 0 bridgehead atoms. The SMILES string of the molecule is O=C(COC(=O)CNS(=O)(=O)c1cc(C(F)(F)F)ccc1Cl)NCCc1ccccc1. The van der Waals surface area contributed by atoms with Gasteiger partial charge in [-0.2, -0.15) is 17.9 Å². The van der Waals surface area contributed by atoms with Gasteiger partial charge in [0.25, 0.3) is 5.91 Å². The van der Waals surface area contributed by atoms with Crippen LogP contribution in [0.15, 0.2) is 53.4 Å². The zero-order chi connectivity index (χ0) is 23.1. The summed E-state index contributed by atoms with van der Waals surface area (Å²) in [5.74, 6) is -1.68. The average Bonchev–Trinajstić information content (AvgIpc) is 2.71. The molecule has 0 aliphatic heterocycles. The van der Waals surface area contributed by atoms with Crippen LogP contribution in [0.2, 0.25) is 5.02 Å². The Morgan fingerprint density at radius 2 is 1.74 bits per heavy atom. The lowest BCUT2D eigenvalue weighted by molar-refractivity contribution is -0.147. The maximum absolute atomic E-state index is 12.8. The van der Waals surface area contributed by atoms with Gasteiger partial charge in [-0.3, -0.25) is 9.59 Å². The molecule has 0 radical (unpaired) electrons. The van der Waals surface area contributed by atoms with Crippen LogP contribution in [0.1, 0.15) is 11.1 Å². The van der Waals surface area contributed by atoms with E-state index in [-0.39, 0.29) is 0 Å². The Morgan fingerprint density at radius 3 is 2.39 bits per heavy atom. The molecular formula is C19H18ClF3N2O5S. The van der Waals surface area contributed by atoms with Crippen molar-refractivity contribution in [2.45, 2.75) is 17.5 Å². The minimum atomic E-state index is -4.78. The van der Waals surface area contributed by atoms with Gasteiger partial charge in [0, 0.05) is 6.54 Å². The fourth-order valence-electron chi connectivity index (χ4n) is 2.36. The molecule has 0 fully saturated rings. The highest BCUT2D eigenvalue weighted by atomic mass is 35.5. The summed E-state index contributed by atoms with van der Waals surface area (Å²) in [5.41, 5.74) is -0.213. The van der Waals surface area contributed by atoms with E-state index in [4.69, 9.17) is 11.6 Å². The zero-order valence-corrected chi connectivity index (χ0v) is 17.5. The van der Waals surface area contributed by atoms with Crippen LogP contribution >= 0.6 is 11.6 Å². The molecule has 0 saturated heterocycles. The van der Waals surface area contributed by atoms with Crippen molar-refractivity contribution in [1.82, 2.24) is 10.0 Å². The first-order valence-electron chi connectivity index (χ1n) is 8.82. The van der Waals surface area contributed by atoms with E-state index in [1.165, 1.54) is 0 Å². The summed E-state index contributed by atoms with van der Waals surface area (Å²) in [7, 11) is -4.54. The maximum atomic E-state index is 12.8. The van der Waals surface area contributed by atoms with Gasteiger partial charge in [0.05, 0.1) is 10.6 Å². The summed E-state index contributed by atoms with van der Waals surface area (Å²) < 4.78 is 69.2. The summed E-state index contributed by atoms with van der Waals surface area (Å²) >= 11 is 5.69. The molecule has 0 atom stereocenters. The molecule has 2 aromatic carbocycles. The molecule has 0 spiro atoms. The fourth-order valence-corrected chi connectivity index (χ4v) is 3.85. The number of ether oxygens (including phenoxy) is 1. The average molecular weight is 479 g/mol. The number of halogens is 4. The quantitative estimate of drug-likeness (QED) is 0.539. The molecule has 2 rings (SSSR count). The van der Waals surface area contributed by atoms with Crippen molar-refractivity contribution in [2.75, 3.05) is 19.7 Å². The summed E-state index contributed by atoms with van der Waals surface area (Å²) in [4.78, 5) is 22.5. The number of benzene rings is 2. The van der Waals surface area contributed by atoms with Crippen LogP contribution in [0.3, 0.4) is 0 Å². The van der Waals surface area contributed by atoms with Crippen molar-refractivity contribution < 1.29 is 35.9 Å². The number of carbonyl (C=O) groups is 2. The number of carbonyl (C=O) groups excluding carboxylic acids is 2. The first-order valence-corrected chi connectivity index (χ1v) is 10.7. The number of esters is 1. The Balaban J connectivity index is 1.81. The summed E-state index contributed by atoms with van der Waals surface area (Å²) in [6.07, 6.45) is -4.21. The second-order valence-electron chi connectivity index (χ2n) is 6.21. The predicted molar refractivity (Wildman–Crippen MR) is 106 cm³/mol. The predicted octanol–water partition coefficient (Wildman–Crippen LogP) is 2.54. The molecule has 1 amide bonds. The van der Waals surface area contributed by atoms with Gasteiger partial charge in [-0.15, -0.1) is 0 Å². The smallest absolute Gasteiger partial charge is 0.416 e. The van der Waals surface area contributed by atoms with E-state index in [2.05, 4.69) is 10.1 Å². The Hall–Kier alpha value is -2.63. The monoisotopic (exact) mass is 478 g/mol. The van der Waals surface area contributed by atoms with E-state index in [9.17, 15) is 31.2 Å².